The van der Waals surface area contributed by atoms with Gasteiger partial charge in [0.25, 0.3) is 0 Å². The molecular weight excluding hydrogens is 937 g/mol. The summed E-state index contributed by atoms with van der Waals surface area (Å²) in [6, 6.07) is 0. The van der Waals surface area contributed by atoms with Gasteiger partial charge in [0.05, 0.1) is 0 Å². The van der Waals surface area contributed by atoms with Crippen molar-refractivity contribution >= 4 is 17.9 Å². The van der Waals surface area contributed by atoms with Crippen LogP contribution in [0.15, 0.2) is 36.5 Å². The Kier molecular flexibility index (Phi) is 63.1. The zero-order chi connectivity index (χ0) is 55.0. The molecule has 0 fully saturated rings. The van der Waals surface area contributed by atoms with E-state index in [2.05, 4.69) is 57.2 Å². The molecule has 0 heterocycles. The molecule has 0 aromatic heterocycles. The second kappa shape index (κ2) is 65.2. The van der Waals surface area contributed by atoms with Crippen molar-refractivity contribution in [2.75, 3.05) is 13.2 Å². The van der Waals surface area contributed by atoms with Crippen LogP contribution in [-0.2, 0) is 28.6 Å². The first-order valence-corrected chi connectivity index (χ1v) is 34.0. The van der Waals surface area contributed by atoms with Gasteiger partial charge in [-0.05, 0) is 57.8 Å². The second-order valence-corrected chi connectivity index (χ2v) is 23.1. The molecule has 0 N–H and O–H groups in total. The molecule has 446 valence electrons. The lowest BCUT2D eigenvalue weighted by Gasteiger charge is -2.18. The van der Waals surface area contributed by atoms with Gasteiger partial charge in [-0.25, -0.2) is 0 Å². The number of carbonyl (C=O) groups is 3. The van der Waals surface area contributed by atoms with Gasteiger partial charge < -0.3 is 14.2 Å². The van der Waals surface area contributed by atoms with Crippen LogP contribution in [0.3, 0.4) is 0 Å². The highest BCUT2D eigenvalue weighted by atomic mass is 16.6. The molecule has 0 rings (SSSR count). The zero-order valence-electron chi connectivity index (χ0n) is 51.3. The standard InChI is InChI=1S/C70H130O6/c1-4-7-10-13-16-19-22-25-27-28-29-30-31-32-33-34-35-36-37-38-39-40-41-42-44-45-48-51-54-57-60-63-69(72)75-66-67(65-74-68(71)62-59-56-53-50-47-24-21-18-15-12-9-6-3)76-70(73)64-61-58-55-52-49-46-43-26-23-20-17-14-11-8-5-2/h22,25,28-29,31-32,67H,4-21,23-24,26-27,30,33-66H2,1-3H3/b25-22-,29-28-,32-31-. The first-order valence-electron chi connectivity index (χ1n) is 34.0. The normalized spacial score (nSPS) is 12.2. The summed E-state index contributed by atoms with van der Waals surface area (Å²) in [5, 5.41) is 0. The average Bonchev–Trinajstić information content (AvgIpc) is 3.42. The first-order chi connectivity index (χ1) is 37.5. The van der Waals surface area contributed by atoms with Gasteiger partial charge in [0.2, 0.25) is 0 Å². The van der Waals surface area contributed by atoms with E-state index in [-0.39, 0.29) is 31.1 Å². The fraction of sp³-hybridized carbons (Fsp3) is 0.871. The first kappa shape index (κ1) is 73.6. The van der Waals surface area contributed by atoms with Crippen LogP contribution in [0.25, 0.3) is 0 Å². The number of unbranched alkanes of at least 4 members (excludes halogenated alkanes) is 46. The maximum atomic E-state index is 12.9. The van der Waals surface area contributed by atoms with E-state index in [1.807, 2.05) is 0 Å². The van der Waals surface area contributed by atoms with Crippen LogP contribution in [0.1, 0.15) is 374 Å². The van der Waals surface area contributed by atoms with Crippen molar-refractivity contribution in [2.45, 2.75) is 380 Å². The lowest BCUT2D eigenvalue weighted by molar-refractivity contribution is -0.167. The molecule has 0 radical (unpaired) electrons. The number of ether oxygens (including phenoxy) is 3. The number of allylic oxidation sites excluding steroid dienone is 6. The van der Waals surface area contributed by atoms with Crippen molar-refractivity contribution < 1.29 is 28.6 Å². The van der Waals surface area contributed by atoms with Crippen molar-refractivity contribution in [3.05, 3.63) is 36.5 Å². The summed E-state index contributed by atoms with van der Waals surface area (Å²) in [4.78, 5) is 38.3. The minimum absolute atomic E-state index is 0.0650. The van der Waals surface area contributed by atoms with Gasteiger partial charge in [-0.1, -0.05) is 333 Å². The Hall–Kier alpha value is -2.37. The molecule has 0 aliphatic rings. The maximum Gasteiger partial charge on any atom is 0.306 e. The highest BCUT2D eigenvalue weighted by Gasteiger charge is 2.19. The topological polar surface area (TPSA) is 78.9 Å². The Bertz CT molecular complexity index is 1270. The Morgan fingerprint density at radius 2 is 0.474 bits per heavy atom. The highest BCUT2D eigenvalue weighted by molar-refractivity contribution is 5.71. The van der Waals surface area contributed by atoms with Gasteiger partial charge in [0.15, 0.2) is 6.10 Å². The molecular formula is C70H130O6. The van der Waals surface area contributed by atoms with Crippen molar-refractivity contribution in [3.8, 4) is 0 Å². The van der Waals surface area contributed by atoms with Gasteiger partial charge >= 0.3 is 17.9 Å². The summed E-state index contributed by atoms with van der Waals surface area (Å²) in [5.41, 5.74) is 0. The van der Waals surface area contributed by atoms with Gasteiger partial charge in [0, 0.05) is 19.3 Å². The number of esters is 3. The summed E-state index contributed by atoms with van der Waals surface area (Å²) in [6.45, 7) is 6.69. The molecule has 0 spiro atoms. The van der Waals surface area contributed by atoms with Crippen molar-refractivity contribution in [1.82, 2.24) is 0 Å². The fourth-order valence-corrected chi connectivity index (χ4v) is 10.3. The number of carbonyl (C=O) groups excluding carboxylic acids is 3. The molecule has 0 aliphatic carbocycles. The molecule has 6 nitrogen and oxygen atoms in total. The average molecular weight is 1070 g/mol. The van der Waals surface area contributed by atoms with E-state index in [4.69, 9.17) is 14.2 Å². The van der Waals surface area contributed by atoms with E-state index in [1.54, 1.807) is 0 Å². The predicted molar refractivity (Wildman–Crippen MR) is 330 cm³/mol. The third-order valence-electron chi connectivity index (χ3n) is 15.4. The van der Waals surface area contributed by atoms with Crippen LogP contribution in [0.2, 0.25) is 0 Å². The lowest BCUT2D eigenvalue weighted by atomic mass is 10.0. The summed E-state index contributed by atoms with van der Waals surface area (Å²) >= 11 is 0. The Labute approximate surface area is 474 Å². The van der Waals surface area contributed by atoms with E-state index in [9.17, 15) is 14.4 Å². The molecule has 0 amide bonds. The van der Waals surface area contributed by atoms with Crippen LogP contribution in [0, 0.1) is 0 Å². The van der Waals surface area contributed by atoms with Gasteiger partial charge in [-0.3, -0.25) is 14.4 Å². The van der Waals surface area contributed by atoms with E-state index in [0.29, 0.717) is 19.3 Å². The molecule has 1 atom stereocenters. The highest BCUT2D eigenvalue weighted by Crippen LogP contribution is 2.18. The summed E-state index contributed by atoms with van der Waals surface area (Å²) in [6.07, 6.45) is 80.3. The second-order valence-electron chi connectivity index (χ2n) is 23.1. The molecule has 0 bridgehead atoms. The van der Waals surface area contributed by atoms with Gasteiger partial charge in [-0.2, -0.15) is 0 Å². The van der Waals surface area contributed by atoms with Crippen LogP contribution in [0.4, 0.5) is 0 Å². The Balaban J connectivity index is 4.12. The van der Waals surface area contributed by atoms with Crippen LogP contribution < -0.4 is 0 Å². The Morgan fingerprint density at radius 1 is 0.263 bits per heavy atom. The smallest absolute Gasteiger partial charge is 0.306 e. The number of rotatable bonds is 63. The molecule has 0 aromatic rings. The quantitative estimate of drug-likeness (QED) is 0.0261. The third kappa shape index (κ3) is 62.5. The van der Waals surface area contributed by atoms with Crippen LogP contribution in [0.5, 0.6) is 0 Å². The fourth-order valence-electron chi connectivity index (χ4n) is 10.3. The zero-order valence-corrected chi connectivity index (χ0v) is 51.3. The lowest BCUT2D eigenvalue weighted by Crippen LogP contribution is -2.30. The molecule has 0 aromatic carbocycles. The molecule has 1 unspecified atom stereocenters. The maximum absolute atomic E-state index is 12.9. The van der Waals surface area contributed by atoms with Crippen molar-refractivity contribution in [3.63, 3.8) is 0 Å². The number of hydrogen-bond acceptors (Lipinski definition) is 6. The molecule has 0 saturated heterocycles. The van der Waals surface area contributed by atoms with Crippen molar-refractivity contribution in [2.24, 2.45) is 0 Å². The monoisotopic (exact) mass is 1070 g/mol. The summed E-state index contributed by atoms with van der Waals surface area (Å²) < 4.78 is 16.9. The van der Waals surface area contributed by atoms with Crippen LogP contribution in [-0.4, -0.2) is 37.2 Å². The molecule has 0 saturated carbocycles. The third-order valence-corrected chi connectivity index (χ3v) is 15.4. The van der Waals surface area contributed by atoms with Gasteiger partial charge in [-0.15, -0.1) is 0 Å². The predicted octanol–water partition coefficient (Wildman–Crippen LogP) is 23.2. The van der Waals surface area contributed by atoms with E-state index in [1.165, 1.54) is 263 Å². The largest absolute Gasteiger partial charge is 0.462 e. The molecule has 76 heavy (non-hydrogen) atoms. The minimum Gasteiger partial charge on any atom is -0.462 e. The Morgan fingerprint density at radius 3 is 0.737 bits per heavy atom. The SMILES string of the molecule is CCCCCCC/C=C\C/C=C\C/C=C\CCCCCCCCCCCCCCCCCCC(=O)OCC(COC(=O)CCCCCCCCCCCCCC)OC(=O)CCCCCCCCCCCCCCCCC. The molecule has 6 heteroatoms. The summed E-state index contributed by atoms with van der Waals surface area (Å²) in [5.74, 6) is -0.838. The van der Waals surface area contributed by atoms with Crippen molar-refractivity contribution in [1.29, 1.82) is 0 Å². The van der Waals surface area contributed by atoms with Gasteiger partial charge in [0.1, 0.15) is 13.2 Å². The molecule has 0 aliphatic heterocycles. The van der Waals surface area contributed by atoms with E-state index < -0.39 is 6.10 Å². The van der Waals surface area contributed by atoms with E-state index in [0.717, 1.165) is 70.6 Å². The van der Waals surface area contributed by atoms with E-state index >= 15 is 0 Å². The van der Waals surface area contributed by atoms with Crippen LogP contribution >= 0.6 is 0 Å². The minimum atomic E-state index is -0.766. The summed E-state index contributed by atoms with van der Waals surface area (Å²) in [7, 11) is 0. The number of hydrogen-bond donors (Lipinski definition) is 0.